The molecular weight excluding hydrogens is 298 g/mol. The van der Waals surface area contributed by atoms with Gasteiger partial charge in [-0.15, -0.1) is 0 Å². The van der Waals surface area contributed by atoms with E-state index in [4.69, 9.17) is 5.26 Å². The Morgan fingerprint density at radius 2 is 1.91 bits per heavy atom. The molecule has 1 aromatic rings. The molecule has 0 bridgehead atoms. The van der Waals surface area contributed by atoms with Crippen LogP contribution in [0.2, 0.25) is 0 Å². The zero-order valence-electron chi connectivity index (χ0n) is 13.5. The number of likely N-dealkylation sites (N-methyl/N-ethyl adjacent to an activating group) is 1. The van der Waals surface area contributed by atoms with Crippen molar-refractivity contribution in [3.8, 4) is 6.07 Å². The summed E-state index contributed by atoms with van der Waals surface area (Å²) in [5.41, 5.74) is 0.205. The van der Waals surface area contributed by atoms with Gasteiger partial charge in [0.2, 0.25) is 10.0 Å². The standard InChI is InChI=1S/C16H23N3O2S/c1-12(2)14-10-19(11-15(14)18(3)4)22(20,21)16-8-6-5-7-13(16)9-17/h5-8,12,14-15H,10-11H2,1-4H3/t14-,15+/m0/s1. The highest BCUT2D eigenvalue weighted by atomic mass is 32.2. The summed E-state index contributed by atoms with van der Waals surface area (Å²) in [7, 11) is 0.341. The maximum absolute atomic E-state index is 12.9. The summed E-state index contributed by atoms with van der Waals surface area (Å²) in [5.74, 6) is 0.692. The van der Waals surface area contributed by atoms with Crippen molar-refractivity contribution < 1.29 is 8.42 Å². The molecule has 5 nitrogen and oxygen atoms in total. The van der Waals surface area contributed by atoms with Crippen LogP contribution in [0.3, 0.4) is 0 Å². The van der Waals surface area contributed by atoms with Gasteiger partial charge >= 0.3 is 0 Å². The molecule has 0 amide bonds. The van der Waals surface area contributed by atoms with Crippen LogP contribution in [-0.4, -0.2) is 50.8 Å². The molecule has 6 heteroatoms. The molecule has 1 saturated heterocycles. The van der Waals surface area contributed by atoms with Gasteiger partial charge in [0.15, 0.2) is 0 Å². The Hall–Kier alpha value is -1.42. The van der Waals surface area contributed by atoms with Crippen molar-refractivity contribution >= 4 is 10.0 Å². The van der Waals surface area contributed by atoms with E-state index in [1.807, 2.05) is 20.2 Å². The number of sulfonamides is 1. The van der Waals surface area contributed by atoms with Crippen molar-refractivity contribution in [2.75, 3.05) is 27.2 Å². The second kappa shape index (κ2) is 6.37. The number of nitrogens with zero attached hydrogens (tertiary/aromatic N) is 3. The zero-order valence-corrected chi connectivity index (χ0v) is 14.3. The first-order valence-electron chi connectivity index (χ1n) is 7.44. The van der Waals surface area contributed by atoms with E-state index in [9.17, 15) is 8.42 Å². The van der Waals surface area contributed by atoms with Crippen molar-refractivity contribution in [1.29, 1.82) is 5.26 Å². The lowest BCUT2D eigenvalue weighted by atomic mass is 9.91. The molecule has 2 atom stereocenters. The third-order valence-corrected chi connectivity index (χ3v) is 6.33. The quantitative estimate of drug-likeness (QED) is 0.848. The van der Waals surface area contributed by atoms with Gasteiger partial charge in [0.05, 0.1) is 10.5 Å². The SMILES string of the molecule is CC(C)[C@@H]1CN(S(=O)(=O)c2ccccc2C#N)C[C@H]1N(C)C. The molecule has 0 N–H and O–H groups in total. The highest BCUT2D eigenvalue weighted by Crippen LogP contribution is 2.31. The molecule has 0 aromatic heterocycles. The van der Waals surface area contributed by atoms with Gasteiger partial charge < -0.3 is 4.90 Å². The number of hydrogen-bond acceptors (Lipinski definition) is 4. The highest BCUT2D eigenvalue weighted by molar-refractivity contribution is 7.89. The van der Waals surface area contributed by atoms with Crippen LogP contribution in [0.1, 0.15) is 19.4 Å². The van der Waals surface area contributed by atoms with E-state index < -0.39 is 10.0 Å². The molecule has 1 heterocycles. The molecular formula is C16H23N3O2S. The highest BCUT2D eigenvalue weighted by Gasteiger charge is 2.41. The molecule has 2 rings (SSSR count). The first-order chi connectivity index (χ1) is 10.3. The number of hydrogen-bond donors (Lipinski definition) is 0. The van der Waals surface area contributed by atoms with Crippen molar-refractivity contribution in [3.05, 3.63) is 29.8 Å². The van der Waals surface area contributed by atoms with Gasteiger partial charge in [-0.3, -0.25) is 0 Å². The molecule has 1 aliphatic rings. The first-order valence-corrected chi connectivity index (χ1v) is 8.88. The lowest BCUT2D eigenvalue weighted by Crippen LogP contribution is -2.37. The Morgan fingerprint density at radius 3 is 2.41 bits per heavy atom. The number of benzene rings is 1. The van der Waals surface area contributed by atoms with Crippen LogP contribution >= 0.6 is 0 Å². The predicted molar refractivity (Wildman–Crippen MR) is 85.7 cm³/mol. The van der Waals surface area contributed by atoms with Crippen LogP contribution < -0.4 is 0 Å². The van der Waals surface area contributed by atoms with Crippen molar-refractivity contribution in [3.63, 3.8) is 0 Å². The lowest BCUT2D eigenvalue weighted by molar-refractivity contribution is 0.216. The number of nitriles is 1. The van der Waals surface area contributed by atoms with Crippen LogP contribution in [0.5, 0.6) is 0 Å². The van der Waals surface area contributed by atoms with Gasteiger partial charge in [-0.2, -0.15) is 9.57 Å². The van der Waals surface area contributed by atoms with Crippen molar-refractivity contribution in [2.45, 2.75) is 24.8 Å². The van der Waals surface area contributed by atoms with Crippen molar-refractivity contribution in [2.24, 2.45) is 11.8 Å². The molecule has 0 unspecified atom stereocenters. The van der Waals surface area contributed by atoms with E-state index >= 15 is 0 Å². The van der Waals surface area contributed by atoms with Crippen LogP contribution in [-0.2, 0) is 10.0 Å². The summed E-state index contributed by atoms with van der Waals surface area (Å²) in [6.07, 6.45) is 0. The Balaban J connectivity index is 2.38. The largest absolute Gasteiger partial charge is 0.305 e. The third kappa shape index (κ3) is 3.02. The van der Waals surface area contributed by atoms with E-state index in [0.717, 1.165) is 0 Å². The number of rotatable bonds is 4. The predicted octanol–water partition coefficient (Wildman–Crippen LogP) is 1.76. The lowest BCUT2D eigenvalue weighted by Gasteiger charge is -2.27. The topological polar surface area (TPSA) is 64.4 Å². The second-order valence-corrected chi connectivity index (χ2v) is 8.28. The van der Waals surface area contributed by atoms with E-state index in [1.165, 1.54) is 10.4 Å². The van der Waals surface area contributed by atoms with E-state index in [1.54, 1.807) is 18.2 Å². The zero-order chi connectivity index (χ0) is 16.5. The summed E-state index contributed by atoms with van der Waals surface area (Å²) in [6, 6.07) is 8.58. The minimum Gasteiger partial charge on any atom is -0.305 e. The summed E-state index contributed by atoms with van der Waals surface area (Å²) < 4.78 is 27.3. The average Bonchev–Trinajstić information content (AvgIpc) is 2.93. The summed E-state index contributed by atoms with van der Waals surface area (Å²) in [4.78, 5) is 2.20. The van der Waals surface area contributed by atoms with Gasteiger partial charge in [-0.05, 0) is 38.1 Å². The molecule has 0 saturated carbocycles. The Labute approximate surface area is 133 Å². The van der Waals surface area contributed by atoms with E-state index in [-0.39, 0.29) is 16.5 Å². The summed E-state index contributed by atoms with van der Waals surface area (Å²) >= 11 is 0. The molecule has 0 spiro atoms. The maximum atomic E-state index is 12.9. The molecule has 1 aromatic carbocycles. The van der Waals surface area contributed by atoms with Crippen LogP contribution in [0.15, 0.2) is 29.2 Å². The second-order valence-electron chi connectivity index (χ2n) is 6.37. The Morgan fingerprint density at radius 1 is 1.27 bits per heavy atom. The minimum absolute atomic E-state index is 0.111. The van der Waals surface area contributed by atoms with E-state index in [0.29, 0.717) is 24.9 Å². The monoisotopic (exact) mass is 321 g/mol. The molecule has 120 valence electrons. The molecule has 1 aliphatic heterocycles. The smallest absolute Gasteiger partial charge is 0.244 e. The van der Waals surface area contributed by atoms with Gasteiger partial charge in [-0.25, -0.2) is 8.42 Å². The molecule has 1 fully saturated rings. The van der Waals surface area contributed by atoms with E-state index in [2.05, 4.69) is 18.7 Å². The Kier molecular flexibility index (Phi) is 4.90. The molecule has 22 heavy (non-hydrogen) atoms. The van der Waals surface area contributed by atoms with Gasteiger partial charge in [-0.1, -0.05) is 26.0 Å². The van der Waals surface area contributed by atoms with Gasteiger partial charge in [0.1, 0.15) is 6.07 Å². The summed E-state index contributed by atoms with van der Waals surface area (Å²) in [6.45, 7) is 5.22. The fourth-order valence-corrected chi connectivity index (χ4v) is 4.73. The third-order valence-electron chi connectivity index (χ3n) is 4.44. The average molecular weight is 321 g/mol. The van der Waals surface area contributed by atoms with Gasteiger partial charge in [0, 0.05) is 19.1 Å². The Bertz CT molecular complexity index is 661. The summed E-state index contributed by atoms with van der Waals surface area (Å²) in [5, 5.41) is 9.16. The molecule has 0 radical (unpaired) electrons. The normalized spacial score (nSPS) is 23.1. The van der Waals surface area contributed by atoms with Gasteiger partial charge in [0.25, 0.3) is 0 Å². The van der Waals surface area contributed by atoms with Crippen LogP contribution in [0.4, 0.5) is 0 Å². The fourth-order valence-electron chi connectivity index (χ4n) is 3.10. The van der Waals surface area contributed by atoms with Crippen molar-refractivity contribution in [1.82, 2.24) is 9.21 Å². The van der Waals surface area contributed by atoms with Crippen LogP contribution in [0, 0.1) is 23.2 Å². The first kappa shape index (κ1) is 16.9. The fraction of sp³-hybridized carbons (Fsp3) is 0.562. The minimum atomic E-state index is -3.63. The molecule has 0 aliphatic carbocycles. The maximum Gasteiger partial charge on any atom is 0.244 e. The van der Waals surface area contributed by atoms with Crippen LogP contribution in [0.25, 0.3) is 0 Å².